The van der Waals surface area contributed by atoms with Crippen molar-refractivity contribution in [3.8, 4) is 24.8 Å². The number of nitriles is 5. The molecule has 127 valence electrons. The Bertz CT molecular complexity index is 467. The van der Waals surface area contributed by atoms with Crippen molar-refractivity contribution < 1.29 is 11.8 Å². The molecule has 0 fully saturated rings. The number of rotatable bonds is 6. The van der Waals surface area contributed by atoms with Crippen LogP contribution >= 0.6 is 0 Å². The van der Waals surface area contributed by atoms with Crippen LogP contribution in [0.15, 0.2) is 0 Å². The monoisotopic (exact) mass is 359 g/mol. The van der Waals surface area contributed by atoms with Gasteiger partial charge in [0.2, 0.25) is 0 Å². The molecule has 0 aliphatic heterocycles. The van der Waals surface area contributed by atoms with Gasteiger partial charge in [0.1, 0.15) is 0 Å². The summed E-state index contributed by atoms with van der Waals surface area (Å²) >= 11 is -4.78. The van der Waals surface area contributed by atoms with Gasteiger partial charge < -0.3 is 14.7 Å². The summed E-state index contributed by atoms with van der Waals surface area (Å²) in [6.45, 7) is 4.59. The molecule has 0 saturated carbocycles. The van der Waals surface area contributed by atoms with Gasteiger partial charge in [-0.2, -0.15) is 0 Å². The zero-order chi connectivity index (χ0) is 18.5. The molecule has 23 heavy (non-hydrogen) atoms. The van der Waals surface area contributed by atoms with E-state index in [1.54, 1.807) is 0 Å². The Labute approximate surface area is 139 Å². The van der Waals surface area contributed by atoms with E-state index in [1.165, 1.54) is 24.8 Å². The summed E-state index contributed by atoms with van der Waals surface area (Å²) in [5.74, 6) is 0. The van der Waals surface area contributed by atoms with E-state index < -0.39 is 11.8 Å². The Morgan fingerprint density at radius 2 is 0.826 bits per heavy atom. The molecule has 0 radical (unpaired) electrons. The summed E-state index contributed by atoms with van der Waals surface area (Å²) in [6, 6.07) is 0. The molecular formula is C14H23FeN8. The molecule has 0 aromatic rings. The Morgan fingerprint density at radius 1 is 0.565 bits per heavy atom. The molecule has 0 spiro atoms. The molecule has 0 heterocycles. The van der Waals surface area contributed by atoms with Gasteiger partial charge in [0.05, 0.1) is 0 Å². The van der Waals surface area contributed by atoms with Crippen LogP contribution in [0.4, 0.5) is 0 Å². The van der Waals surface area contributed by atoms with Gasteiger partial charge >= 0.3 is 62.9 Å². The second kappa shape index (κ2) is 10.6. The topological polar surface area (TPSA) is 129 Å². The zero-order valence-corrected chi connectivity index (χ0v) is 15.4. The van der Waals surface area contributed by atoms with Crippen molar-refractivity contribution in [2.45, 2.75) is 0 Å². The number of hydrogen-bond donors (Lipinski definition) is 0. The summed E-state index contributed by atoms with van der Waals surface area (Å²) in [4.78, 5) is 12.9. The van der Waals surface area contributed by atoms with Gasteiger partial charge in [0.15, 0.2) is 0 Å². The van der Waals surface area contributed by atoms with Crippen molar-refractivity contribution in [3.05, 3.63) is 0 Å². The molecule has 0 N–H and O–H groups in total. The summed E-state index contributed by atoms with van der Waals surface area (Å²) < 4.78 is 0. The molecule has 0 saturated heterocycles. The third-order valence-electron chi connectivity index (χ3n) is 2.65. The standard InChI is InChI=1S/C9H23N3.5CN.Fe/c1-10(2)6-8-12(5)9-7-11(3)4;5*1-2;/h6-9H2,1-5H3;;;;;;. The van der Waals surface area contributed by atoms with Crippen LogP contribution in [-0.4, -0.2) is 76.1 Å². The zero-order valence-electron chi connectivity index (χ0n) is 14.3. The molecule has 0 aliphatic carbocycles. The molecule has 9 heteroatoms. The fraction of sp³-hybridized carbons (Fsp3) is 0.643. The van der Waals surface area contributed by atoms with E-state index in [-0.39, 0.29) is 0 Å². The van der Waals surface area contributed by atoms with Crippen LogP contribution in [0.25, 0.3) is 0 Å². The van der Waals surface area contributed by atoms with E-state index in [2.05, 4.69) is 49.9 Å². The third kappa shape index (κ3) is 8.15. The summed E-state index contributed by atoms with van der Waals surface area (Å²) in [5, 5.41) is 41.8. The quantitative estimate of drug-likeness (QED) is 0.612. The first-order chi connectivity index (χ1) is 10.6. The van der Waals surface area contributed by atoms with Crippen LogP contribution in [0.3, 0.4) is 0 Å². The van der Waals surface area contributed by atoms with E-state index in [1.807, 2.05) is 0 Å². The molecule has 0 rings (SSSR count). The maximum atomic E-state index is 8.35. The van der Waals surface area contributed by atoms with Gasteiger partial charge in [-0.15, -0.1) is 0 Å². The van der Waals surface area contributed by atoms with E-state index >= 15 is 0 Å². The van der Waals surface area contributed by atoms with Crippen LogP contribution in [0, 0.1) is 51.1 Å². The second-order valence-electron chi connectivity index (χ2n) is 5.19. The van der Waals surface area contributed by atoms with Gasteiger partial charge in [-0.3, -0.25) is 0 Å². The first kappa shape index (κ1) is 23.1. The van der Waals surface area contributed by atoms with Crippen molar-refractivity contribution in [3.63, 3.8) is 0 Å². The van der Waals surface area contributed by atoms with Crippen LogP contribution in [-0.2, 0) is 11.8 Å². The van der Waals surface area contributed by atoms with E-state index in [0.29, 0.717) is 0 Å². The van der Waals surface area contributed by atoms with Crippen molar-refractivity contribution in [1.29, 1.82) is 26.3 Å². The minimum absolute atomic E-state index is 1.14. The van der Waals surface area contributed by atoms with Gasteiger partial charge in [-0.05, 0) is 35.2 Å². The van der Waals surface area contributed by atoms with Gasteiger partial charge in [-0.25, -0.2) is 0 Å². The molecule has 0 bridgehead atoms. The normalized spacial score (nSPS) is 11.7. The molecule has 0 aromatic heterocycles. The molecule has 0 atom stereocenters. The number of hydrogen-bond acceptors (Lipinski definition) is 8. The van der Waals surface area contributed by atoms with Crippen LogP contribution in [0.5, 0.6) is 0 Å². The molecule has 8 nitrogen and oxygen atoms in total. The number of nitrogens with zero attached hydrogens (tertiary/aromatic N) is 8. The first-order valence-electron chi connectivity index (χ1n) is 6.50. The van der Waals surface area contributed by atoms with Crippen molar-refractivity contribution in [2.75, 3.05) is 61.4 Å². The fourth-order valence-corrected chi connectivity index (χ4v) is 1.58. The van der Waals surface area contributed by atoms with Crippen LogP contribution in [0.1, 0.15) is 0 Å². The Hall–Kier alpha value is -2.15. The van der Waals surface area contributed by atoms with Crippen molar-refractivity contribution in [1.82, 2.24) is 14.7 Å². The maximum absolute atomic E-state index is 8.35. The fourth-order valence-electron chi connectivity index (χ4n) is 1.03. The van der Waals surface area contributed by atoms with E-state index in [0.717, 1.165) is 26.2 Å². The average Bonchev–Trinajstić information content (AvgIpc) is 2.55. The van der Waals surface area contributed by atoms with Crippen molar-refractivity contribution >= 4 is 0 Å². The second-order valence-corrected chi connectivity index (χ2v) is 9.18. The van der Waals surface area contributed by atoms with E-state index in [4.69, 9.17) is 26.3 Å². The average molecular weight is 359 g/mol. The van der Waals surface area contributed by atoms with Gasteiger partial charge in [-0.1, -0.05) is 0 Å². The summed E-state index contributed by atoms with van der Waals surface area (Å²) in [5.41, 5.74) is 0. The predicted molar refractivity (Wildman–Crippen MR) is 82.7 cm³/mol. The molecule has 0 amide bonds. The third-order valence-corrected chi connectivity index (χ3v) is 5.12. The molecule has 0 unspecified atom stereocenters. The van der Waals surface area contributed by atoms with Gasteiger partial charge in [0.25, 0.3) is 0 Å². The SMILES string of the molecule is CN(C)CCN(C)CCN(C)C.N#[C][Fe]([C]#N)([C]#N)([C]#N)[C]#N. The van der Waals surface area contributed by atoms with E-state index in [9.17, 15) is 0 Å². The van der Waals surface area contributed by atoms with Crippen LogP contribution < -0.4 is 0 Å². The summed E-state index contributed by atoms with van der Waals surface area (Å²) in [6.07, 6.45) is 0. The minimum atomic E-state index is -4.78. The van der Waals surface area contributed by atoms with Crippen molar-refractivity contribution in [2.24, 2.45) is 0 Å². The van der Waals surface area contributed by atoms with Crippen LogP contribution in [0.2, 0.25) is 0 Å². The number of likely N-dealkylation sites (N-methyl/N-ethyl adjacent to an activating group) is 3. The molecular weight excluding hydrogens is 336 g/mol. The summed E-state index contributed by atoms with van der Waals surface area (Å²) in [7, 11) is 10.6. The molecule has 0 aliphatic rings. The first-order valence-corrected chi connectivity index (χ1v) is 9.26. The Kier molecular flexibility index (Phi) is 10.6. The molecule has 0 aromatic carbocycles. The predicted octanol–water partition coefficient (Wildman–Crippen LogP) is 0.123. The Balaban J connectivity index is 0. The van der Waals surface area contributed by atoms with Gasteiger partial charge in [0, 0.05) is 26.2 Å². The Morgan fingerprint density at radius 3 is 0.957 bits per heavy atom.